The molecule has 0 saturated carbocycles. The Labute approximate surface area is 646 Å². The first-order valence-electron chi connectivity index (χ1n) is 45.5. The molecule has 0 fully saturated rings. The van der Waals surface area contributed by atoms with Gasteiger partial charge >= 0.3 is 0 Å². The lowest BCUT2D eigenvalue weighted by molar-refractivity contribution is -0.570. The number of aryl methyl sites for hydroxylation is 2. The zero-order valence-electron chi connectivity index (χ0n) is 80.4. The molecule has 0 amide bonds. The maximum atomic E-state index is 10.7. The second-order valence-electron chi connectivity index (χ2n) is 32.6. The summed E-state index contributed by atoms with van der Waals surface area (Å²) in [6.07, 6.45) is 7.41. The molecule has 4 heterocycles. The second kappa shape index (κ2) is 24.8. The minimum Gasteiger partial charge on any atom is -0.458 e. The number of pyridine rings is 1. The van der Waals surface area contributed by atoms with Crippen LogP contribution in [0, 0.1) is 20.0 Å². The highest BCUT2D eigenvalue weighted by Crippen LogP contribution is 2.54. The third-order valence-electron chi connectivity index (χ3n) is 21.5. The van der Waals surface area contributed by atoms with Crippen LogP contribution in [0.1, 0.15) is 168 Å². The normalized spacial score (nSPS) is 16.8. The van der Waals surface area contributed by atoms with E-state index in [0.717, 1.165) is 73.8 Å². The summed E-state index contributed by atoms with van der Waals surface area (Å²) in [6.45, 7) is 22.6. The van der Waals surface area contributed by atoms with Crippen LogP contribution in [0.4, 0.5) is 0 Å². The lowest BCUT2D eigenvalue weighted by atomic mass is 9.62. The fourth-order valence-electron chi connectivity index (χ4n) is 15.6. The standard InChI is InChI=1S/C100H92N4O/c1-62-28-26-29-63(2)93(62)71-52-82(70-49-73(97(6,7)8)55-74(50-70)98(9,10)11)94-86(53-71)84-60-88-87(99(12,13)43-44-100(88,14)15)59-83(84)78-36-22-23-37-79(78)85-51-69(68-47-66(64-30-18-16-19-31-64)46-67(48-68)65-32-20-17-21-33-65)54-91-95(85)103(94)61-102(91)75-34-27-35-76(57-75)105-77-40-41-81-80-38-24-25-39-89(80)104(90(81)58-77)92-56-72(42-45-101-92)96(3,4)5/h16-42,45-60H,43-44H2,1-15H3/i1D3,2D3,16D,17D,18D,19D,20D,21D,30D,31D,32D,33D,46D,47D,48D. The maximum Gasteiger partial charge on any atom is 0.269 e. The van der Waals surface area contributed by atoms with E-state index in [1.807, 2.05) is 112 Å². The minimum absolute atomic E-state index is 0.0171. The third-order valence-corrected chi connectivity index (χ3v) is 21.5. The topological polar surface area (TPSA) is 35.9 Å². The number of aromatic nitrogens is 4. The van der Waals surface area contributed by atoms with Gasteiger partial charge in [-0.1, -0.05) is 247 Å². The molecule has 0 bridgehead atoms. The molecule has 518 valence electrons. The number of fused-ring (bicyclic) bond motifs is 11. The molecule has 105 heavy (non-hydrogen) atoms. The van der Waals surface area contributed by atoms with Crippen molar-refractivity contribution in [3.05, 3.63) is 306 Å². The van der Waals surface area contributed by atoms with Crippen molar-refractivity contribution >= 4 is 32.8 Å². The molecule has 0 radical (unpaired) electrons. The number of imidazole rings is 1. The average Bonchev–Trinajstić information content (AvgIpc) is 1.64. The lowest BCUT2D eigenvalue weighted by Gasteiger charge is -2.42. The highest BCUT2D eigenvalue weighted by molar-refractivity contribution is 6.10. The predicted molar refractivity (Wildman–Crippen MR) is 440 cm³/mol. The summed E-state index contributed by atoms with van der Waals surface area (Å²) in [5.41, 5.74) is 8.95. The van der Waals surface area contributed by atoms with Crippen LogP contribution in [0.3, 0.4) is 0 Å². The Balaban J connectivity index is 1.07. The largest absolute Gasteiger partial charge is 0.458 e. The molecule has 5 heteroatoms. The van der Waals surface area contributed by atoms with Gasteiger partial charge in [0.15, 0.2) is 0 Å². The van der Waals surface area contributed by atoms with E-state index >= 15 is 0 Å². The summed E-state index contributed by atoms with van der Waals surface area (Å²) in [6, 6.07) is 46.3. The Kier molecular flexibility index (Phi) is 11.5. The first-order chi connectivity index (χ1) is 58.1. The zero-order chi connectivity index (χ0) is 89.1. The molecular weight excluding hydrogens is 1270 g/mol. The Bertz CT molecular complexity index is 6880. The monoisotopic (exact) mass is 1380 g/mol. The Morgan fingerprint density at radius 1 is 0.438 bits per heavy atom. The van der Waals surface area contributed by atoms with Crippen molar-refractivity contribution in [1.82, 2.24) is 14.1 Å². The van der Waals surface area contributed by atoms with E-state index in [1.165, 1.54) is 18.2 Å². The van der Waals surface area contributed by atoms with Crippen LogP contribution in [-0.4, -0.2) is 14.1 Å². The van der Waals surface area contributed by atoms with Gasteiger partial charge in [0.1, 0.15) is 17.3 Å². The van der Waals surface area contributed by atoms with Crippen molar-refractivity contribution in [1.29, 1.82) is 0 Å². The summed E-state index contributed by atoms with van der Waals surface area (Å²) in [4.78, 5) is 4.95. The van der Waals surface area contributed by atoms with Gasteiger partial charge in [-0.25, -0.2) is 4.98 Å². The number of nitrogens with zero attached hydrogens (tertiary/aromatic N) is 4. The van der Waals surface area contributed by atoms with E-state index in [2.05, 4.69) is 149 Å². The molecular formula is C100H92N4O. The molecule has 1 aliphatic carbocycles. The molecule has 5 nitrogen and oxygen atoms in total. The van der Waals surface area contributed by atoms with Crippen LogP contribution in [0.15, 0.2) is 261 Å². The van der Waals surface area contributed by atoms with Gasteiger partial charge in [-0.2, -0.15) is 0 Å². The van der Waals surface area contributed by atoms with Crippen LogP contribution in [-0.2, 0) is 27.1 Å². The van der Waals surface area contributed by atoms with E-state index in [1.54, 1.807) is 12.1 Å². The fourth-order valence-corrected chi connectivity index (χ4v) is 15.6. The van der Waals surface area contributed by atoms with E-state index in [4.69, 9.17) is 17.9 Å². The quantitative estimate of drug-likeness (QED) is 0.107. The number of para-hydroxylation sites is 1. The summed E-state index contributed by atoms with van der Waals surface area (Å²) in [5, 5.41) is 1.97. The second-order valence-corrected chi connectivity index (χ2v) is 32.6. The van der Waals surface area contributed by atoms with Gasteiger partial charge < -0.3 is 4.74 Å². The molecule has 0 atom stereocenters. The van der Waals surface area contributed by atoms with Gasteiger partial charge in [-0.15, -0.1) is 0 Å². The van der Waals surface area contributed by atoms with Crippen molar-refractivity contribution in [2.75, 3.05) is 0 Å². The Morgan fingerprint density at radius 2 is 0.990 bits per heavy atom. The molecule has 0 saturated heterocycles. The maximum absolute atomic E-state index is 10.7. The van der Waals surface area contributed by atoms with Crippen LogP contribution in [0.2, 0.25) is 0 Å². The minimum atomic E-state index is -2.84. The number of hydrogen-bond acceptors (Lipinski definition) is 2. The van der Waals surface area contributed by atoms with Gasteiger partial charge in [0.05, 0.1) is 51.3 Å². The first-order valence-corrected chi connectivity index (χ1v) is 36.0. The van der Waals surface area contributed by atoms with Crippen LogP contribution in [0.5, 0.6) is 11.5 Å². The van der Waals surface area contributed by atoms with Crippen molar-refractivity contribution in [3.63, 3.8) is 0 Å². The summed E-state index contributed by atoms with van der Waals surface area (Å²) in [7, 11) is 0. The predicted octanol–water partition coefficient (Wildman–Crippen LogP) is 26.5. The van der Waals surface area contributed by atoms with E-state index in [0.29, 0.717) is 78.4 Å². The van der Waals surface area contributed by atoms with Gasteiger partial charge in [0.2, 0.25) is 0 Å². The smallest absolute Gasteiger partial charge is 0.269 e. The molecule has 2 aliphatic rings. The Morgan fingerprint density at radius 3 is 1.62 bits per heavy atom. The van der Waals surface area contributed by atoms with E-state index in [9.17, 15) is 17.8 Å². The SMILES string of the molecule is [2H]c1c([2H])c([2H])c(-c2c([2H])c(-c3cc4c5c(c3)n(-c3cccc(Oc6ccc7c8ccccc8n(-c8cc(C(C)(C)C)ccn8)c7c6)c3)[c-][n+]5-c3c(-c5cc(C(C)(C)C)cc(C(C)(C)C)c5)cc(-c5c(C([2H])([2H])[2H])cccc5C([2H])([2H])[2H])cc3-c3cc5c(cc3-c3ccccc3-4)C(C)(C)CCC5(C)C)c([2H])c(-c3c([2H])c([2H])c([2H])c([2H])c3[2H])c2[2H])c([2H])c1[2H]. The van der Waals surface area contributed by atoms with Crippen molar-refractivity contribution in [3.8, 4) is 118 Å². The van der Waals surface area contributed by atoms with Gasteiger partial charge in [0.25, 0.3) is 6.33 Å². The number of benzene rings is 12. The van der Waals surface area contributed by atoms with E-state index < -0.39 is 136 Å². The number of rotatable bonds is 9. The summed E-state index contributed by atoms with van der Waals surface area (Å²) >= 11 is 0. The average molecular weight is 1380 g/mol. The van der Waals surface area contributed by atoms with Gasteiger partial charge in [0, 0.05) is 31.3 Å². The molecule has 12 aromatic carbocycles. The van der Waals surface area contributed by atoms with Crippen molar-refractivity contribution in [2.24, 2.45) is 0 Å². The van der Waals surface area contributed by atoms with Crippen molar-refractivity contribution in [2.45, 2.75) is 144 Å². The van der Waals surface area contributed by atoms with Crippen molar-refractivity contribution < 1.29 is 35.3 Å². The number of ether oxygens (including phenoxy) is 1. The fraction of sp³-hybridized carbons (Fsp3) is 0.220. The molecule has 17 rings (SSSR count). The molecule has 0 unspecified atom stereocenters. The zero-order valence-corrected chi connectivity index (χ0v) is 61.4. The third kappa shape index (κ3) is 11.8. The molecule has 3 aromatic heterocycles. The van der Waals surface area contributed by atoms with Crippen LogP contribution in [0.25, 0.3) is 139 Å². The highest BCUT2D eigenvalue weighted by Gasteiger charge is 2.40. The van der Waals surface area contributed by atoms with Gasteiger partial charge in [-0.05, 0) is 273 Å². The van der Waals surface area contributed by atoms with Crippen LogP contribution >= 0.6 is 0 Å². The number of hydrogen-bond donors (Lipinski definition) is 0. The summed E-state index contributed by atoms with van der Waals surface area (Å²) < 4.78 is 192. The highest BCUT2D eigenvalue weighted by atomic mass is 16.5. The molecule has 15 aromatic rings. The van der Waals surface area contributed by atoms with E-state index in [-0.39, 0.29) is 33.2 Å². The molecule has 1 aliphatic heterocycles. The van der Waals surface area contributed by atoms with Crippen LogP contribution < -0.4 is 9.30 Å². The van der Waals surface area contributed by atoms with Gasteiger partial charge in [-0.3, -0.25) is 13.7 Å². The first kappa shape index (κ1) is 48.7. The molecule has 0 N–H and O–H groups in total. The Hall–Kier alpha value is -11.1. The summed E-state index contributed by atoms with van der Waals surface area (Å²) in [5.74, 6) is 1.57. The molecule has 0 spiro atoms. The lowest BCUT2D eigenvalue weighted by Crippen LogP contribution is -2.34.